The number of rotatable bonds is 54. The molecule has 0 aliphatic rings. The lowest BCUT2D eigenvalue weighted by atomic mass is 10.1. The molecule has 0 N–H and O–H groups in total. The number of hydrogen-bond acceptors (Lipinski definition) is 12. The lowest BCUT2D eigenvalue weighted by Crippen LogP contribution is -2.47. The molecule has 13 nitrogen and oxygen atoms in total. The van der Waals surface area contributed by atoms with E-state index in [9.17, 15) is 14.4 Å². The van der Waals surface area contributed by atoms with Crippen LogP contribution in [0.4, 0.5) is 0 Å². The van der Waals surface area contributed by atoms with Gasteiger partial charge in [0.2, 0.25) is 5.91 Å². The molecule has 0 aromatic heterocycles. The van der Waals surface area contributed by atoms with Gasteiger partial charge in [-0.15, -0.1) is 71.0 Å². The van der Waals surface area contributed by atoms with Gasteiger partial charge in [0, 0.05) is 103 Å². The minimum absolute atomic E-state index is 0.0937. The van der Waals surface area contributed by atoms with Crippen molar-refractivity contribution in [3.63, 3.8) is 0 Å². The highest BCUT2D eigenvalue weighted by atomic mass is 16.7. The molecular formula is C74H122N2O11. The molecule has 0 radical (unpaired) electrons. The number of esters is 2. The molecule has 13 heteroatoms. The van der Waals surface area contributed by atoms with E-state index in [1.54, 1.807) is 4.90 Å². The largest absolute Gasteiger partial charge is 0.463 e. The van der Waals surface area contributed by atoms with Crippen LogP contribution >= 0.6 is 0 Å². The molecule has 0 unspecified atom stereocenters. The molecule has 0 saturated carbocycles. The van der Waals surface area contributed by atoms with Crippen molar-refractivity contribution in [3.8, 4) is 71.0 Å². The van der Waals surface area contributed by atoms with Gasteiger partial charge in [-0.2, -0.15) is 0 Å². The Morgan fingerprint density at radius 2 is 0.586 bits per heavy atom. The monoisotopic (exact) mass is 1210 g/mol. The maximum atomic E-state index is 14.5. The van der Waals surface area contributed by atoms with Crippen LogP contribution in [0.15, 0.2) is 0 Å². The highest BCUT2D eigenvalue weighted by molar-refractivity contribution is 5.77. The van der Waals surface area contributed by atoms with Crippen molar-refractivity contribution in [1.82, 2.24) is 9.80 Å². The van der Waals surface area contributed by atoms with E-state index in [1.807, 2.05) is 14.1 Å². The van der Waals surface area contributed by atoms with Crippen LogP contribution in [-0.4, -0.2) is 133 Å². The second-order valence-electron chi connectivity index (χ2n) is 22.3. The van der Waals surface area contributed by atoms with Crippen molar-refractivity contribution >= 4 is 17.8 Å². The summed E-state index contributed by atoms with van der Waals surface area (Å²) >= 11 is 0. The standard InChI is InChI=1S/C74H122N2O11/c1-9-15-21-27-33-45-60-80-72(81-61-46-34-28-22-16-10-2)55-42-39-52-69(77)76(59-51-58-75(7)8)68(66-86-70(78)53-40-43-56-73(82-62-47-35-29-23-17-11-3)83-63-48-36-30-24-18-12-4)67-87-71(79)54-41-44-57-74(84-64-49-37-31-25-19-13-5)85-65-50-38-32-26-20-14-6/h68,72-74H,9-26,39-67H2,1-8H3. The maximum absolute atomic E-state index is 14.5. The second kappa shape index (κ2) is 65.9. The molecule has 1 amide bonds. The fraction of sp³-hybridized carbons (Fsp3) is 0.797. The lowest BCUT2D eigenvalue weighted by molar-refractivity contribution is -0.155. The van der Waals surface area contributed by atoms with Crippen LogP contribution in [0.3, 0.4) is 0 Å². The van der Waals surface area contributed by atoms with E-state index in [0.29, 0.717) is 149 Å². The van der Waals surface area contributed by atoms with Gasteiger partial charge in [-0.05, 0) is 123 Å². The predicted octanol–water partition coefficient (Wildman–Crippen LogP) is 15.5. The SMILES string of the molecule is CCCCC#CCCOC(CCCCC(=O)OCC(COC(=O)CCCCC(OCCC#CCCCC)OCCC#CCCCC)N(CCCN(C)C)C(=O)CCCCC(OCCC#CCCCC)OCCC#CCCCC)OCCC#CCCCC. The summed E-state index contributed by atoms with van der Waals surface area (Å²) in [4.78, 5) is 45.4. The first-order valence-electron chi connectivity index (χ1n) is 34.3. The summed E-state index contributed by atoms with van der Waals surface area (Å²) in [5.74, 6) is 37.8. The molecule has 494 valence electrons. The van der Waals surface area contributed by atoms with Gasteiger partial charge in [0.15, 0.2) is 18.9 Å². The molecule has 0 bridgehead atoms. The zero-order chi connectivity index (χ0) is 63.6. The van der Waals surface area contributed by atoms with E-state index in [1.165, 1.54) is 0 Å². The van der Waals surface area contributed by atoms with E-state index in [-0.39, 0.29) is 50.3 Å². The van der Waals surface area contributed by atoms with Crippen molar-refractivity contribution in [2.24, 2.45) is 0 Å². The van der Waals surface area contributed by atoms with Gasteiger partial charge < -0.3 is 47.7 Å². The van der Waals surface area contributed by atoms with Crippen LogP contribution in [0.2, 0.25) is 0 Å². The Kier molecular flexibility index (Phi) is 62.5. The van der Waals surface area contributed by atoms with Crippen molar-refractivity contribution in [1.29, 1.82) is 0 Å². The van der Waals surface area contributed by atoms with Crippen molar-refractivity contribution in [2.45, 2.75) is 304 Å². The van der Waals surface area contributed by atoms with Gasteiger partial charge in [0.05, 0.1) is 45.7 Å². The number of amides is 1. The van der Waals surface area contributed by atoms with Crippen LogP contribution in [-0.2, 0) is 52.3 Å². The Balaban J connectivity index is 6.22. The summed E-state index contributed by atoms with van der Waals surface area (Å²) in [6.07, 6.45) is 27.9. The summed E-state index contributed by atoms with van der Waals surface area (Å²) in [5, 5.41) is 0. The zero-order valence-corrected chi connectivity index (χ0v) is 56.4. The van der Waals surface area contributed by atoms with Gasteiger partial charge in [0.1, 0.15) is 13.2 Å². The molecule has 0 aliphatic heterocycles. The quantitative estimate of drug-likeness (QED) is 0.0249. The number of carbonyl (C=O) groups is 3. The van der Waals surface area contributed by atoms with Gasteiger partial charge in [-0.1, -0.05) is 80.1 Å². The van der Waals surface area contributed by atoms with Gasteiger partial charge in [0.25, 0.3) is 0 Å². The molecule has 0 spiro atoms. The molecule has 0 aromatic carbocycles. The third-order valence-electron chi connectivity index (χ3n) is 13.7. The topological polar surface area (TPSA) is 132 Å². The summed E-state index contributed by atoms with van der Waals surface area (Å²) in [6, 6.07) is -0.688. The first kappa shape index (κ1) is 82.5. The number of carbonyl (C=O) groups excluding carboxylic acids is 3. The van der Waals surface area contributed by atoms with Crippen molar-refractivity contribution in [2.75, 3.05) is 80.0 Å². The van der Waals surface area contributed by atoms with E-state index in [0.717, 1.165) is 122 Å². The maximum Gasteiger partial charge on any atom is 0.305 e. The number of ether oxygens (including phenoxy) is 8. The van der Waals surface area contributed by atoms with Crippen LogP contribution in [0.5, 0.6) is 0 Å². The lowest BCUT2D eigenvalue weighted by Gasteiger charge is -2.32. The highest BCUT2D eigenvalue weighted by Gasteiger charge is 2.27. The number of hydrogen-bond donors (Lipinski definition) is 0. The average molecular weight is 1220 g/mol. The smallest absolute Gasteiger partial charge is 0.305 e. The number of nitrogens with zero attached hydrogens (tertiary/aromatic N) is 2. The van der Waals surface area contributed by atoms with Crippen LogP contribution in [0.1, 0.15) is 279 Å². The molecule has 0 rings (SSSR count). The predicted molar refractivity (Wildman–Crippen MR) is 355 cm³/mol. The first-order valence-corrected chi connectivity index (χ1v) is 34.3. The average Bonchev–Trinajstić information content (AvgIpc) is 3.72. The first-order chi connectivity index (χ1) is 42.6. The Bertz CT molecular complexity index is 1860. The fourth-order valence-corrected chi connectivity index (χ4v) is 8.45. The van der Waals surface area contributed by atoms with Gasteiger partial charge in [-0.3, -0.25) is 14.4 Å². The fourth-order valence-electron chi connectivity index (χ4n) is 8.45. The van der Waals surface area contributed by atoms with Crippen LogP contribution < -0.4 is 0 Å². The molecular weight excluding hydrogens is 1090 g/mol. The Labute approximate surface area is 532 Å². The molecule has 0 aliphatic carbocycles. The molecule has 87 heavy (non-hydrogen) atoms. The summed E-state index contributed by atoms with van der Waals surface area (Å²) in [5.41, 5.74) is 0. The molecule has 0 atom stereocenters. The van der Waals surface area contributed by atoms with Gasteiger partial charge >= 0.3 is 11.9 Å². The minimum atomic E-state index is -0.688. The van der Waals surface area contributed by atoms with Crippen LogP contribution in [0.25, 0.3) is 0 Å². The minimum Gasteiger partial charge on any atom is -0.463 e. The summed E-state index contributed by atoms with van der Waals surface area (Å²) in [7, 11) is 3.99. The Hall–Kier alpha value is -4.51. The van der Waals surface area contributed by atoms with Gasteiger partial charge in [-0.25, -0.2) is 0 Å². The van der Waals surface area contributed by atoms with E-state index < -0.39 is 24.9 Å². The Morgan fingerprint density at radius 1 is 0.322 bits per heavy atom. The highest BCUT2D eigenvalue weighted by Crippen LogP contribution is 2.17. The molecule has 0 fully saturated rings. The van der Waals surface area contributed by atoms with Crippen molar-refractivity contribution in [3.05, 3.63) is 0 Å². The normalized spacial score (nSPS) is 10.8. The zero-order valence-electron chi connectivity index (χ0n) is 56.4. The third-order valence-corrected chi connectivity index (χ3v) is 13.7. The van der Waals surface area contributed by atoms with Crippen molar-refractivity contribution < 1.29 is 52.3 Å². The molecule has 0 aromatic rings. The Morgan fingerprint density at radius 3 is 0.851 bits per heavy atom. The molecule has 0 saturated heterocycles. The third kappa shape index (κ3) is 57.7. The van der Waals surface area contributed by atoms with E-state index in [4.69, 9.17) is 37.9 Å². The number of unbranched alkanes of at least 4 members (excludes halogenated alkanes) is 15. The van der Waals surface area contributed by atoms with Crippen LogP contribution in [0, 0.1) is 71.0 Å². The second-order valence-corrected chi connectivity index (χ2v) is 22.3. The summed E-state index contributed by atoms with van der Waals surface area (Å²) in [6.45, 7) is 16.7. The van der Waals surface area contributed by atoms with E-state index >= 15 is 0 Å². The molecule has 0 heterocycles. The summed E-state index contributed by atoms with van der Waals surface area (Å²) < 4.78 is 48.8. The van der Waals surface area contributed by atoms with E-state index in [2.05, 4.69) is 117 Å².